The Morgan fingerprint density at radius 2 is 2.33 bits per heavy atom. The monoisotopic (exact) mass is 250 g/mol. The molecule has 1 fully saturated rings. The number of rotatable bonds is 5. The lowest BCUT2D eigenvalue weighted by Crippen LogP contribution is -2.30. The van der Waals surface area contributed by atoms with E-state index in [4.69, 9.17) is 0 Å². The lowest BCUT2D eigenvalue weighted by atomic mass is 10.3. The zero-order valence-corrected chi connectivity index (χ0v) is 11.3. The van der Waals surface area contributed by atoms with Crippen molar-refractivity contribution in [2.45, 2.75) is 38.8 Å². The quantitative estimate of drug-likeness (QED) is 0.808. The van der Waals surface area contributed by atoms with Crippen molar-refractivity contribution in [3.63, 3.8) is 0 Å². The van der Waals surface area contributed by atoms with Crippen LogP contribution in [0.3, 0.4) is 0 Å². The van der Waals surface area contributed by atoms with Gasteiger partial charge in [-0.15, -0.1) is 0 Å². The molecule has 100 valence electrons. The number of aromatic nitrogens is 3. The first-order valence-electron chi connectivity index (χ1n) is 6.60. The summed E-state index contributed by atoms with van der Waals surface area (Å²) in [6.07, 6.45) is 3.77. The summed E-state index contributed by atoms with van der Waals surface area (Å²) in [5.74, 6) is 1.44. The second kappa shape index (κ2) is 5.95. The molecule has 1 aliphatic rings. The molecule has 2 rings (SSSR count). The van der Waals surface area contributed by atoms with E-state index in [1.54, 1.807) is 6.33 Å². The Kier molecular flexibility index (Phi) is 4.30. The molecule has 2 N–H and O–H groups in total. The molecular weight excluding hydrogens is 228 g/mol. The van der Waals surface area contributed by atoms with Crippen LogP contribution in [0, 0.1) is 0 Å². The maximum Gasteiger partial charge on any atom is 0.230 e. The minimum absolute atomic E-state index is 0.379. The van der Waals surface area contributed by atoms with E-state index in [1.165, 1.54) is 0 Å². The van der Waals surface area contributed by atoms with Crippen LogP contribution in [-0.4, -0.2) is 47.2 Å². The summed E-state index contributed by atoms with van der Waals surface area (Å²) in [5, 5.41) is 6.57. The van der Waals surface area contributed by atoms with E-state index in [2.05, 4.69) is 44.3 Å². The maximum atomic E-state index is 4.48. The first kappa shape index (κ1) is 13.0. The molecule has 1 saturated heterocycles. The van der Waals surface area contributed by atoms with Gasteiger partial charge in [-0.1, -0.05) is 6.92 Å². The van der Waals surface area contributed by atoms with Crippen molar-refractivity contribution in [3.8, 4) is 0 Å². The summed E-state index contributed by atoms with van der Waals surface area (Å²) in [7, 11) is 2.00. The van der Waals surface area contributed by atoms with Gasteiger partial charge in [0.2, 0.25) is 11.9 Å². The van der Waals surface area contributed by atoms with Crippen LogP contribution < -0.4 is 15.5 Å². The highest BCUT2D eigenvalue weighted by molar-refractivity contribution is 5.37. The molecule has 0 saturated carbocycles. The summed E-state index contributed by atoms with van der Waals surface area (Å²) in [6, 6.07) is 0.914. The highest BCUT2D eigenvalue weighted by Crippen LogP contribution is 2.16. The van der Waals surface area contributed by atoms with E-state index >= 15 is 0 Å². The topological polar surface area (TPSA) is 66.0 Å². The smallest absolute Gasteiger partial charge is 0.230 e. The molecule has 0 aliphatic carbocycles. The van der Waals surface area contributed by atoms with Crippen LogP contribution in [0.25, 0.3) is 0 Å². The Balaban J connectivity index is 2.03. The fraction of sp³-hybridized carbons (Fsp3) is 0.750. The molecule has 18 heavy (non-hydrogen) atoms. The summed E-state index contributed by atoms with van der Waals surface area (Å²) in [4.78, 5) is 15.1. The molecule has 0 radical (unpaired) electrons. The normalized spacial score (nSPS) is 21.1. The number of anilines is 2. The molecule has 1 aliphatic heterocycles. The van der Waals surface area contributed by atoms with Crippen LogP contribution >= 0.6 is 0 Å². The average Bonchev–Trinajstić information content (AvgIpc) is 2.87. The maximum absolute atomic E-state index is 4.48. The third-order valence-corrected chi connectivity index (χ3v) is 3.43. The number of nitrogens with zero attached hydrogens (tertiary/aromatic N) is 4. The number of hydrogen-bond acceptors (Lipinski definition) is 6. The van der Waals surface area contributed by atoms with E-state index < -0.39 is 0 Å². The largest absolute Gasteiger partial charge is 0.352 e. The van der Waals surface area contributed by atoms with E-state index in [1.807, 2.05) is 7.05 Å². The van der Waals surface area contributed by atoms with Gasteiger partial charge in [0.15, 0.2) is 0 Å². The predicted molar refractivity (Wildman–Crippen MR) is 72.9 cm³/mol. The molecule has 1 unspecified atom stereocenters. The van der Waals surface area contributed by atoms with Crippen molar-refractivity contribution in [1.82, 2.24) is 20.3 Å². The summed E-state index contributed by atoms with van der Waals surface area (Å²) >= 11 is 0. The Hall–Kier alpha value is -1.43. The van der Waals surface area contributed by atoms with Crippen molar-refractivity contribution < 1.29 is 0 Å². The number of likely N-dealkylation sites (N-methyl/N-ethyl adjacent to an activating group) is 1. The zero-order chi connectivity index (χ0) is 13.0. The Bertz CT molecular complexity index is 383. The third-order valence-electron chi connectivity index (χ3n) is 3.43. The van der Waals surface area contributed by atoms with Gasteiger partial charge < -0.3 is 15.5 Å². The Morgan fingerprint density at radius 1 is 1.50 bits per heavy atom. The molecule has 0 spiro atoms. The standard InChI is InChI=1S/C12H22N6/c1-4-9(2)16-11-14-8-15-12(17-11)18-6-5-10(7-18)13-3/h8-10,13H,4-7H2,1-3H3,(H,14,15,16,17)/t9?,10-/m1/s1. The number of hydrogen-bond donors (Lipinski definition) is 2. The first-order valence-corrected chi connectivity index (χ1v) is 6.60. The first-order chi connectivity index (χ1) is 8.72. The predicted octanol–water partition coefficient (Wildman–Crippen LogP) is 0.880. The molecule has 0 amide bonds. The molecule has 6 heteroatoms. The van der Waals surface area contributed by atoms with Gasteiger partial charge in [0, 0.05) is 25.2 Å². The average molecular weight is 250 g/mol. The second-order valence-electron chi connectivity index (χ2n) is 4.78. The van der Waals surface area contributed by atoms with E-state index in [9.17, 15) is 0 Å². The zero-order valence-electron chi connectivity index (χ0n) is 11.3. The molecule has 2 heterocycles. The van der Waals surface area contributed by atoms with Gasteiger partial charge in [-0.25, -0.2) is 9.97 Å². The van der Waals surface area contributed by atoms with Crippen molar-refractivity contribution >= 4 is 11.9 Å². The molecule has 6 nitrogen and oxygen atoms in total. The lowest BCUT2D eigenvalue weighted by Gasteiger charge is -2.17. The molecule has 1 aromatic heterocycles. The summed E-state index contributed by atoms with van der Waals surface area (Å²) in [6.45, 7) is 6.22. The van der Waals surface area contributed by atoms with E-state index in [0.29, 0.717) is 18.0 Å². The van der Waals surface area contributed by atoms with Crippen LogP contribution in [0.4, 0.5) is 11.9 Å². The molecule has 0 aromatic carbocycles. The van der Waals surface area contributed by atoms with Gasteiger partial charge in [-0.3, -0.25) is 0 Å². The second-order valence-corrected chi connectivity index (χ2v) is 4.78. The van der Waals surface area contributed by atoms with Crippen molar-refractivity contribution in [1.29, 1.82) is 0 Å². The number of nitrogens with one attached hydrogen (secondary N) is 2. The highest BCUT2D eigenvalue weighted by Gasteiger charge is 2.23. The highest BCUT2D eigenvalue weighted by atomic mass is 15.3. The fourth-order valence-electron chi connectivity index (χ4n) is 2.01. The third kappa shape index (κ3) is 3.07. The summed E-state index contributed by atoms with van der Waals surface area (Å²) < 4.78 is 0. The SMILES string of the molecule is CCC(C)Nc1ncnc(N2CC[C@@H](NC)C2)n1. The molecule has 0 bridgehead atoms. The Morgan fingerprint density at radius 3 is 3.00 bits per heavy atom. The molecule has 1 aromatic rings. The fourth-order valence-corrected chi connectivity index (χ4v) is 2.01. The van der Waals surface area contributed by atoms with Gasteiger partial charge in [0.05, 0.1) is 0 Å². The van der Waals surface area contributed by atoms with Crippen LogP contribution in [0.15, 0.2) is 6.33 Å². The van der Waals surface area contributed by atoms with Gasteiger partial charge in [-0.05, 0) is 26.8 Å². The van der Waals surface area contributed by atoms with Gasteiger partial charge >= 0.3 is 0 Å². The van der Waals surface area contributed by atoms with E-state index in [-0.39, 0.29) is 0 Å². The van der Waals surface area contributed by atoms with E-state index in [0.717, 1.165) is 31.9 Å². The van der Waals surface area contributed by atoms with Crippen molar-refractivity contribution in [2.24, 2.45) is 0 Å². The molecular formula is C12H22N6. The Labute approximate surface area is 108 Å². The van der Waals surface area contributed by atoms with Crippen LogP contribution in [0.2, 0.25) is 0 Å². The van der Waals surface area contributed by atoms with Crippen LogP contribution in [-0.2, 0) is 0 Å². The van der Waals surface area contributed by atoms with Gasteiger partial charge in [0.25, 0.3) is 0 Å². The minimum atomic E-state index is 0.379. The van der Waals surface area contributed by atoms with Crippen LogP contribution in [0.5, 0.6) is 0 Å². The summed E-state index contributed by atoms with van der Waals surface area (Å²) in [5.41, 5.74) is 0. The van der Waals surface area contributed by atoms with Crippen molar-refractivity contribution in [3.05, 3.63) is 6.33 Å². The van der Waals surface area contributed by atoms with Gasteiger partial charge in [0.1, 0.15) is 6.33 Å². The lowest BCUT2D eigenvalue weighted by molar-refractivity contribution is 0.616. The van der Waals surface area contributed by atoms with Crippen LogP contribution in [0.1, 0.15) is 26.7 Å². The van der Waals surface area contributed by atoms with Crippen molar-refractivity contribution in [2.75, 3.05) is 30.4 Å². The van der Waals surface area contributed by atoms with Gasteiger partial charge in [-0.2, -0.15) is 4.98 Å². The molecule has 2 atom stereocenters. The minimum Gasteiger partial charge on any atom is -0.352 e.